The lowest BCUT2D eigenvalue weighted by Gasteiger charge is -2.21. The number of nitro groups is 1. The zero-order valence-corrected chi connectivity index (χ0v) is 9.48. The summed E-state index contributed by atoms with van der Waals surface area (Å²) in [5.41, 5.74) is 3.82. The molecule has 0 saturated carbocycles. The van der Waals surface area contributed by atoms with Gasteiger partial charge in [0.05, 0.1) is 16.1 Å². The lowest BCUT2D eigenvalue weighted by molar-refractivity contribution is -0.621. The van der Waals surface area contributed by atoms with Gasteiger partial charge in [0.1, 0.15) is 0 Å². The number of anilines is 1. The topological polar surface area (TPSA) is 89.4 Å². The van der Waals surface area contributed by atoms with Gasteiger partial charge in [0.25, 0.3) is 0 Å². The van der Waals surface area contributed by atoms with Crippen molar-refractivity contribution < 1.29 is 10.0 Å². The van der Waals surface area contributed by atoms with E-state index >= 15 is 0 Å². The van der Waals surface area contributed by atoms with Crippen molar-refractivity contribution in [1.82, 2.24) is 0 Å². The Morgan fingerprint density at radius 2 is 1.61 bits per heavy atom. The van der Waals surface area contributed by atoms with Gasteiger partial charge in [-0.1, -0.05) is 30.3 Å². The highest BCUT2D eigenvalue weighted by Crippen LogP contribution is 2.33. The predicted molar refractivity (Wildman–Crippen MR) is 67.3 cm³/mol. The van der Waals surface area contributed by atoms with Crippen LogP contribution in [-0.4, -0.2) is 10.0 Å². The molecule has 0 aromatic heterocycles. The van der Waals surface area contributed by atoms with Crippen LogP contribution in [0.5, 0.6) is 0 Å². The minimum Gasteiger partial charge on any atom is -0.398 e. The highest BCUT2D eigenvalue weighted by atomic mass is 16.7. The molecule has 0 amide bonds. The number of rotatable bonds is 3. The summed E-state index contributed by atoms with van der Waals surface area (Å²) in [6.07, 6.45) is 0. The first kappa shape index (κ1) is 12.1. The van der Waals surface area contributed by atoms with E-state index in [1.165, 1.54) is 24.3 Å². The first-order valence-corrected chi connectivity index (χ1v) is 5.34. The quantitative estimate of drug-likeness (QED) is 0.372. The second-order valence-corrected chi connectivity index (χ2v) is 3.88. The number of nitrogens with two attached hydrogens (primary N) is 1. The Balaban J connectivity index is 2.67. The fourth-order valence-electron chi connectivity index (χ4n) is 1.84. The van der Waals surface area contributed by atoms with Crippen molar-refractivity contribution in [2.45, 2.75) is 5.72 Å². The van der Waals surface area contributed by atoms with Gasteiger partial charge in [-0.2, -0.15) is 0 Å². The van der Waals surface area contributed by atoms with Crippen LogP contribution in [0.2, 0.25) is 0 Å². The van der Waals surface area contributed by atoms with Crippen LogP contribution in [0.15, 0.2) is 54.6 Å². The van der Waals surface area contributed by atoms with Gasteiger partial charge < -0.3 is 10.8 Å². The van der Waals surface area contributed by atoms with E-state index in [-0.39, 0.29) is 16.8 Å². The first-order chi connectivity index (χ1) is 8.56. The molecule has 5 heteroatoms. The van der Waals surface area contributed by atoms with Gasteiger partial charge in [0.15, 0.2) is 0 Å². The molecule has 0 aliphatic carbocycles. The molecule has 0 fully saturated rings. The zero-order chi connectivity index (χ0) is 13.2. The Labute approximate surface area is 104 Å². The smallest absolute Gasteiger partial charge is 0.377 e. The summed E-state index contributed by atoms with van der Waals surface area (Å²) >= 11 is 0. The molecule has 3 N–H and O–H groups in total. The maximum Gasteiger partial charge on any atom is 0.377 e. The Morgan fingerprint density at radius 3 is 2.17 bits per heavy atom. The van der Waals surface area contributed by atoms with Crippen molar-refractivity contribution in [2.24, 2.45) is 0 Å². The van der Waals surface area contributed by atoms with Crippen molar-refractivity contribution in [3.05, 3.63) is 75.8 Å². The van der Waals surface area contributed by atoms with Crippen LogP contribution in [-0.2, 0) is 5.72 Å². The number of hydrogen-bond acceptors (Lipinski definition) is 4. The summed E-state index contributed by atoms with van der Waals surface area (Å²) in [7, 11) is 0. The summed E-state index contributed by atoms with van der Waals surface area (Å²) < 4.78 is 0. The molecule has 0 aliphatic heterocycles. The SMILES string of the molecule is Nc1ccccc1C(O)(c1ccccc1)[N+](=O)[O-]. The van der Waals surface area contributed by atoms with Crippen LogP contribution in [0.4, 0.5) is 5.69 Å². The Bertz CT molecular complexity index is 571. The predicted octanol–water partition coefficient (Wildman–Crippen LogP) is 1.74. The van der Waals surface area contributed by atoms with Gasteiger partial charge in [-0.15, -0.1) is 0 Å². The van der Waals surface area contributed by atoms with Gasteiger partial charge in [0.2, 0.25) is 0 Å². The van der Waals surface area contributed by atoms with Gasteiger partial charge in [0, 0.05) is 5.69 Å². The molecular weight excluding hydrogens is 232 g/mol. The number of benzene rings is 2. The number of nitrogen functional groups attached to an aromatic ring is 1. The zero-order valence-electron chi connectivity index (χ0n) is 9.48. The highest BCUT2D eigenvalue weighted by molar-refractivity contribution is 5.51. The molecule has 0 heterocycles. The molecule has 0 saturated heterocycles. The lowest BCUT2D eigenvalue weighted by Crippen LogP contribution is -2.37. The summed E-state index contributed by atoms with van der Waals surface area (Å²) in [6, 6.07) is 14.2. The summed E-state index contributed by atoms with van der Waals surface area (Å²) in [4.78, 5) is 10.5. The number of nitrogens with zero attached hydrogens (tertiary/aromatic N) is 1. The molecule has 2 aromatic carbocycles. The van der Waals surface area contributed by atoms with Crippen LogP contribution in [0, 0.1) is 10.1 Å². The van der Waals surface area contributed by atoms with Crippen molar-refractivity contribution in [3.63, 3.8) is 0 Å². The van der Waals surface area contributed by atoms with Crippen LogP contribution >= 0.6 is 0 Å². The lowest BCUT2D eigenvalue weighted by atomic mass is 9.94. The molecule has 0 radical (unpaired) electrons. The van der Waals surface area contributed by atoms with E-state index in [0.717, 1.165) is 0 Å². The first-order valence-electron chi connectivity index (χ1n) is 5.34. The second kappa shape index (κ2) is 4.46. The molecule has 0 spiro atoms. The molecule has 1 unspecified atom stereocenters. The summed E-state index contributed by atoms with van der Waals surface area (Å²) in [5.74, 6) is 0. The van der Waals surface area contributed by atoms with Crippen LogP contribution in [0.1, 0.15) is 11.1 Å². The van der Waals surface area contributed by atoms with E-state index < -0.39 is 10.6 Å². The monoisotopic (exact) mass is 244 g/mol. The molecule has 92 valence electrons. The van der Waals surface area contributed by atoms with Crippen molar-refractivity contribution >= 4 is 5.69 Å². The van der Waals surface area contributed by atoms with Crippen LogP contribution < -0.4 is 5.73 Å². The number of aliphatic hydroxyl groups is 1. The fourth-order valence-corrected chi connectivity index (χ4v) is 1.84. The van der Waals surface area contributed by atoms with E-state index in [1.54, 1.807) is 30.3 Å². The molecule has 2 aromatic rings. The number of para-hydroxylation sites is 1. The number of hydrogen-bond donors (Lipinski definition) is 2. The average molecular weight is 244 g/mol. The average Bonchev–Trinajstić information content (AvgIpc) is 2.39. The molecule has 2 rings (SSSR count). The molecule has 0 bridgehead atoms. The fraction of sp³-hybridized carbons (Fsp3) is 0.0769. The molecule has 0 aliphatic rings. The van der Waals surface area contributed by atoms with E-state index in [2.05, 4.69) is 0 Å². The van der Waals surface area contributed by atoms with E-state index in [1.807, 2.05) is 0 Å². The largest absolute Gasteiger partial charge is 0.398 e. The normalized spacial score (nSPS) is 13.8. The molecule has 1 atom stereocenters. The minimum atomic E-state index is -2.33. The Kier molecular flexibility index (Phi) is 2.99. The van der Waals surface area contributed by atoms with E-state index in [9.17, 15) is 15.2 Å². The third-order valence-electron chi connectivity index (χ3n) is 2.78. The minimum absolute atomic E-state index is 0.0706. The maximum absolute atomic E-state index is 11.3. The third kappa shape index (κ3) is 1.80. The summed E-state index contributed by atoms with van der Waals surface area (Å²) in [5, 5.41) is 21.7. The van der Waals surface area contributed by atoms with Crippen LogP contribution in [0.25, 0.3) is 0 Å². The standard InChI is InChI=1S/C13H12N2O3/c14-12-9-5-4-8-11(12)13(16,15(17)18)10-6-2-1-3-7-10/h1-9,16H,14H2. The van der Waals surface area contributed by atoms with Crippen molar-refractivity contribution in [1.29, 1.82) is 0 Å². The summed E-state index contributed by atoms with van der Waals surface area (Å²) in [6.45, 7) is 0. The van der Waals surface area contributed by atoms with Crippen LogP contribution in [0.3, 0.4) is 0 Å². The maximum atomic E-state index is 11.3. The molecular formula is C13H12N2O3. The second-order valence-electron chi connectivity index (χ2n) is 3.88. The van der Waals surface area contributed by atoms with E-state index in [0.29, 0.717) is 0 Å². The van der Waals surface area contributed by atoms with Gasteiger partial charge >= 0.3 is 5.72 Å². The molecule has 18 heavy (non-hydrogen) atoms. The van der Waals surface area contributed by atoms with Gasteiger partial charge in [-0.25, -0.2) is 0 Å². The van der Waals surface area contributed by atoms with Crippen molar-refractivity contribution in [2.75, 3.05) is 5.73 Å². The molecule has 5 nitrogen and oxygen atoms in total. The van der Waals surface area contributed by atoms with E-state index in [4.69, 9.17) is 5.73 Å². The Hall–Kier alpha value is -2.40. The highest BCUT2D eigenvalue weighted by Gasteiger charge is 2.46. The Morgan fingerprint density at radius 1 is 1.06 bits per heavy atom. The van der Waals surface area contributed by atoms with Crippen molar-refractivity contribution in [3.8, 4) is 0 Å². The van der Waals surface area contributed by atoms with Gasteiger partial charge in [-0.05, 0) is 24.3 Å². The third-order valence-corrected chi connectivity index (χ3v) is 2.78. The van der Waals surface area contributed by atoms with Gasteiger partial charge in [-0.3, -0.25) is 10.1 Å².